The second kappa shape index (κ2) is 7.43. The summed E-state index contributed by atoms with van der Waals surface area (Å²) in [5.41, 5.74) is 0.879. The monoisotopic (exact) mass is 362 g/mol. The van der Waals surface area contributed by atoms with E-state index in [1.165, 1.54) is 24.8 Å². The van der Waals surface area contributed by atoms with Gasteiger partial charge in [0.2, 0.25) is 11.7 Å². The number of nitrogens with one attached hydrogen (secondary N) is 1. The van der Waals surface area contributed by atoms with E-state index in [4.69, 9.17) is 4.63 Å². The van der Waals surface area contributed by atoms with Crippen LogP contribution in [-0.2, 0) is 17.1 Å². The van der Waals surface area contributed by atoms with Gasteiger partial charge in [-0.2, -0.15) is 0 Å². The first-order valence-corrected chi connectivity index (χ1v) is 8.48. The number of hydrogen-bond acceptors (Lipinski definition) is 7. The first-order chi connectivity index (χ1) is 12.1. The molecule has 130 valence electrons. The Balaban J connectivity index is 1.86. The predicted molar refractivity (Wildman–Crippen MR) is 89.3 cm³/mol. The summed E-state index contributed by atoms with van der Waals surface area (Å²) in [5, 5.41) is 18.9. The van der Waals surface area contributed by atoms with Crippen molar-refractivity contribution in [3.05, 3.63) is 35.6 Å². The van der Waals surface area contributed by atoms with E-state index >= 15 is 0 Å². The zero-order valence-electron chi connectivity index (χ0n) is 13.6. The maximum atomic E-state index is 13.8. The van der Waals surface area contributed by atoms with Crippen LogP contribution in [0.4, 0.5) is 10.2 Å². The summed E-state index contributed by atoms with van der Waals surface area (Å²) < 4.78 is 20.3. The number of aromatic nitrogens is 5. The smallest absolute Gasteiger partial charge is 0.222 e. The Labute approximate surface area is 146 Å². The highest BCUT2D eigenvalue weighted by molar-refractivity contribution is 7.98. The molecular weight excluding hydrogens is 347 g/mol. The molecule has 10 heteroatoms. The molecule has 0 aliphatic heterocycles. The molecule has 1 amide bonds. The van der Waals surface area contributed by atoms with Gasteiger partial charge in [0.25, 0.3) is 0 Å². The van der Waals surface area contributed by atoms with E-state index in [1.54, 1.807) is 22.8 Å². The Morgan fingerprint density at radius 2 is 2.12 bits per heavy atom. The lowest BCUT2D eigenvalue weighted by Gasteiger charge is -2.06. The highest BCUT2D eigenvalue weighted by Crippen LogP contribution is 2.29. The minimum absolute atomic E-state index is 0.181. The van der Waals surface area contributed by atoms with E-state index in [1.807, 2.05) is 6.92 Å². The van der Waals surface area contributed by atoms with Crippen LogP contribution in [0.3, 0.4) is 0 Å². The molecule has 0 atom stereocenters. The lowest BCUT2D eigenvalue weighted by molar-refractivity contribution is -0.114. The van der Waals surface area contributed by atoms with Crippen LogP contribution in [0.5, 0.6) is 0 Å². The number of carbonyl (C=O) groups is 1. The number of anilines is 1. The molecule has 0 spiro atoms. The average Bonchev–Trinajstić information content (AvgIpc) is 3.19. The van der Waals surface area contributed by atoms with Gasteiger partial charge in [0.15, 0.2) is 16.7 Å². The maximum absolute atomic E-state index is 13.8. The standard InChI is InChI=1S/C15H15FN6O2S/c1-3-22-14(12-13(17-9(2)23)21-24-20-12)18-19-15(22)25-8-10-6-4-5-7-11(10)16/h4-7H,3,8H2,1-2H3,(H,17,21,23). The Bertz CT molecular complexity index is 894. The summed E-state index contributed by atoms with van der Waals surface area (Å²) in [6.45, 7) is 3.85. The van der Waals surface area contributed by atoms with Crippen LogP contribution < -0.4 is 5.32 Å². The Morgan fingerprint density at radius 1 is 1.32 bits per heavy atom. The summed E-state index contributed by atoms with van der Waals surface area (Å²) in [5.74, 6) is 0.462. The largest absolute Gasteiger partial charge is 0.306 e. The molecule has 0 saturated heterocycles. The number of benzene rings is 1. The molecule has 0 aliphatic rings. The minimum atomic E-state index is -0.298. The number of rotatable bonds is 6. The molecule has 3 rings (SSSR count). The number of amides is 1. The molecule has 2 aromatic heterocycles. The van der Waals surface area contributed by atoms with Crippen molar-refractivity contribution < 1.29 is 13.8 Å². The number of hydrogen-bond donors (Lipinski definition) is 1. The average molecular weight is 362 g/mol. The first kappa shape index (κ1) is 17.1. The van der Waals surface area contributed by atoms with Crippen LogP contribution >= 0.6 is 11.8 Å². The molecular formula is C15H15FN6O2S. The third kappa shape index (κ3) is 3.68. The zero-order chi connectivity index (χ0) is 17.8. The molecule has 0 saturated carbocycles. The van der Waals surface area contributed by atoms with E-state index in [2.05, 4.69) is 25.8 Å². The summed E-state index contributed by atoms with van der Waals surface area (Å²) in [4.78, 5) is 11.2. The molecule has 3 aromatic rings. The SMILES string of the molecule is CCn1c(SCc2ccccc2F)nnc1-c1nonc1NC(C)=O. The molecule has 0 radical (unpaired) electrons. The van der Waals surface area contributed by atoms with Crippen LogP contribution in [0.25, 0.3) is 11.5 Å². The quantitative estimate of drug-likeness (QED) is 0.673. The van der Waals surface area contributed by atoms with Gasteiger partial charge in [0, 0.05) is 19.2 Å². The van der Waals surface area contributed by atoms with Crippen molar-refractivity contribution in [2.75, 3.05) is 5.32 Å². The molecule has 0 fully saturated rings. The van der Waals surface area contributed by atoms with Gasteiger partial charge in [-0.05, 0) is 28.9 Å². The number of nitrogens with zero attached hydrogens (tertiary/aromatic N) is 5. The van der Waals surface area contributed by atoms with Crippen LogP contribution in [0.1, 0.15) is 19.4 Å². The lowest BCUT2D eigenvalue weighted by Crippen LogP contribution is -2.08. The van der Waals surface area contributed by atoms with Gasteiger partial charge in [-0.1, -0.05) is 30.0 Å². The van der Waals surface area contributed by atoms with E-state index in [0.29, 0.717) is 34.5 Å². The summed E-state index contributed by atoms with van der Waals surface area (Å²) in [6, 6.07) is 6.59. The van der Waals surface area contributed by atoms with E-state index < -0.39 is 0 Å². The summed E-state index contributed by atoms with van der Waals surface area (Å²) >= 11 is 1.36. The van der Waals surface area contributed by atoms with Crippen molar-refractivity contribution in [2.45, 2.75) is 31.3 Å². The molecule has 1 N–H and O–H groups in total. The van der Waals surface area contributed by atoms with Crippen LogP contribution in [0.2, 0.25) is 0 Å². The number of halogens is 1. The second-order valence-corrected chi connectivity index (χ2v) is 6.02. The van der Waals surface area contributed by atoms with Gasteiger partial charge < -0.3 is 9.88 Å². The highest BCUT2D eigenvalue weighted by Gasteiger charge is 2.21. The second-order valence-electron chi connectivity index (χ2n) is 5.07. The predicted octanol–water partition coefficient (Wildman–Crippen LogP) is 2.74. The van der Waals surface area contributed by atoms with Crippen molar-refractivity contribution in [3.8, 4) is 11.5 Å². The van der Waals surface area contributed by atoms with Crippen molar-refractivity contribution in [3.63, 3.8) is 0 Å². The first-order valence-electron chi connectivity index (χ1n) is 7.50. The Kier molecular flexibility index (Phi) is 5.08. The van der Waals surface area contributed by atoms with E-state index in [9.17, 15) is 9.18 Å². The summed E-state index contributed by atoms with van der Waals surface area (Å²) in [7, 11) is 0. The van der Waals surface area contributed by atoms with Crippen LogP contribution in [0, 0.1) is 5.82 Å². The van der Waals surface area contributed by atoms with Crippen molar-refractivity contribution in [2.24, 2.45) is 0 Å². The molecule has 0 aliphatic carbocycles. The fourth-order valence-electron chi connectivity index (χ4n) is 2.20. The molecule has 8 nitrogen and oxygen atoms in total. The third-order valence-electron chi connectivity index (χ3n) is 3.34. The Morgan fingerprint density at radius 3 is 2.84 bits per heavy atom. The lowest BCUT2D eigenvalue weighted by atomic mass is 10.2. The molecule has 25 heavy (non-hydrogen) atoms. The third-order valence-corrected chi connectivity index (χ3v) is 4.36. The van der Waals surface area contributed by atoms with Crippen molar-refractivity contribution in [1.29, 1.82) is 0 Å². The van der Waals surface area contributed by atoms with Gasteiger partial charge in [0.1, 0.15) is 5.82 Å². The van der Waals surface area contributed by atoms with Gasteiger partial charge in [0.05, 0.1) is 0 Å². The molecule has 2 heterocycles. The maximum Gasteiger partial charge on any atom is 0.222 e. The Hall–Kier alpha value is -2.75. The molecule has 0 bridgehead atoms. The highest BCUT2D eigenvalue weighted by atomic mass is 32.2. The fraction of sp³-hybridized carbons (Fsp3) is 0.267. The molecule has 1 aromatic carbocycles. The normalized spacial score (nSPS) is 10.8. The van der Waals surface area contributed by atoms with Gasteiger partial charge in [-0.15, -0.1) is 10.2 Å². The summed E-state index contributed by atoms with van der Waals surface area (Å²) in [6.07, 6.45) is 0. The minimum Gasteiger partial charge on any atom is -0.306 e. The van der Waals surface area contributed by atoms with Crippen LogP contribution in [-0.4, -0.2) is 31.0 Å². The van der Waals surface area contributed by atoms with Crippen molar-refractivity contribution >= 4 is 23.5 Å². The van der Waals surface area contributed by atoms with Crippen LogP contribution in [0.15, 0.2) is 34.1 Å². The number of carbonyl (C=O) groups excluding carboxylic acids is 1. The number of thioether (sulfide) groups is 1. The van der Waals surface area contributed by atoms with Gasteiger partial charge >= 0.3 is 0 Å². The van der Waals surface area contributed by atoms with E-state index in [-0.39, 0.29) is 17.5 Å². The molecule has 0 unspecified atom stereocenters. The van der Waals surface area contributed by atoms with Crippen molar-refractivity contribution in [1.82, 2.24) is 25.1 Å². The fourth-order valence-corrected chi connectivity index (χ4v) is 3.19. The van der Waals surface area contributed by atoms with E-state index in [0.717, 1.165) is 0 Å². The zero-order valence-corrected chi connectivity index (χ0v) is 14.4. The van der Waals surface area contributed by atoms with Gasteiger partial charge in [-0.25, -0.2) is 9.02 Å². The topological polar surface area (TPSA) is 98.7 Å². The van der Waals surface area contributed by atoms with Gasteiger partial charge in [-0.3, -0.25) is 4.79 Å².